The highest BCUT2D eigenvalue weighted by Gasteiger charge is 2.31. The molecule has 0 saturated carbocycles. The van der Waals surface area contributed by atoms with Crippen molar-refractivity contribution in [1.82, 2.24) is 4.90 Å². The molecule has 1 aromatic carbocycles. The number of hydrogen-bond donors (Lipinski definition) is 0. The molecule has 0 radical (unpaired) electrons. The largest absolute Gasteiger partial charge is 0.573 e. The topological polar surface area (TPSA) is 51.1 Å². The minimum Gasteiger partial charge on any atom is -0.454 e. The Hall–Kier alpha value is -2.25. The van der Waals surface area contributed by atoms with E-state index in [4.69, 9.17) is 4.74 Å². The van der Waals surface area contributed by atoms with Gasteiger partial charge < -0.3 is 9.47 Å². The molecular formula is C11H9F3N2O3. The van der Waals surface area contributed by atoms with Gasteiger partial charge in [0.15, 0.2) is 6.61 Å². The lowest BCUT2D eigenvalue weighted by Gasteiger charge is -2.09. The number of halogens is 3. The molecule has 0 aromatic heterocycles. The van der Waals surface area contributed by atoms with Crippen LogP contribution in [0.3, 0.4) is 0 Å². The summed E-state index contributed by atoms with van der Waals surface area (Å²) in [7, 11) is 1.46. The molecule has 2 rings (SSSR count). The van der Waals surface area contributed by atoms with Crippen LogP contribution in [-0.2, 0) is 9.53 Å². The summed E-state index contributed by atoms with van der Waals surface area (Å²) in [5.41, 5.74) is 0.193. The average molecular weight is 274 g/mol. The standard InChI is InChI=1S/C11H9F3N2O3/c1-16-9(17)6-18-10(16)15-7-3-2-4-8(5-7)19-11(12,13)14/h2-5H,6H2,1H3. The van der Waals surface area contributed by atoms with Crippen molar-refractivity contribution in [2.75, 3.05) is 13.7 Å². The van der Waals surface area contributed by atoms with Crippen LogP contribution in [0.4, 0.5) is 18.9 Å². The van der Waals surface area contributed by atoms with Gasteiger partial charge in [-0.25, -0.2) is 0 Å². The van der Waals surface area contributed by atoms with E-state index in [9.17, 15) is 18.0 Å². The lowest BCUT2D eigenvalue weighted by molar-refractivity contribution is -0.274. The first kappa shape index (κ1) is 13.2. The van der Waals surface area contributed by atoms with E-state index in [1.165, 1.54) is 24.1 Å². The van der Waals surface area contributed by atoms with Gasteiger partial charge in [0, 0.05) is 13.1 Å². The third-order valence-corrected chi connectivity index (χ3v) is 2.26. The van der Waals surface area contributed by atoms with Crippen molar-refractivity contribution in [3.8, 4) is 5.75 Å². The zero-order chi connectivity index (χ0) is 14.0. The highest BCUT2D eigenvalue weighted by atomic mass is 19.4. The van der Waals surface area contributed by atoms with Crippen LogP contribution in [0.25, 0.3) is 0 Å². The zero-order valence-electron chi connectivity index (χ0n) is 9.77. The van der Waals surface area contributed by atoms with Crippen LogP contribution in [0, 0.1) is 0 Å². The lowest BCUT2D eigenvalue weighted by Crippen LogP contribution is -2.24. The maximum absolute atomic E-state index is 12.1. The van der Waals surface area contributed by atoms with Crippen molar-refractivity contribution in [3.63, 3.8) is 0 Å². The number of amides is 1. The molecule has 1 aliphatic heterocycles. The SMILES string of the molecule is CN1C(=O)COC1=Nc1cccc(OC(F)(F)F)c1. The van der Waals surface area contributed by atoms with Crippen molar-refractivity contribution in [2.45, 2.75) is 6.36 Å². The van der Waals surface area contributed by atoms with Crippen LogP contribution in [-0.4, -0.2) is 36.8 Å². The second kappa shape index (κ2) is 4.79. The third kappa shape index (κ3) is 3.36. The van der Waals surface area contributed by atoms with Gasteiger partial charge >= 0.3 is 6.36 Å². The molecule has 19 heavy (non-hydrogen) atoms. The number of amidine groups is 1. The summed E-state index contributed by atoms with van der Waals surface area (Å²) in [5, 5.41) is 0. The van der Waals surface area contributed by atoms with E-state index in [-0.39, 0.29) is 30.0 Å². The lowest BCUT2D eigenvalue weighted by atomic mass is 10.3. The van der Waals surface area contributed by atoms with Crippen LogP contribution in [0.15, 0.2) is 29.3 Å². The predicted octanol–water partition coefficient (Wildman–Crippen LogP) is 2.06. The monoisotopic (exact) mass is 274 g/mol. The number of carbonyl (C=O) groups excluding carboxylic acids is 1. The number of rotatable bonds is 2. The van der Waals surface area contributed by atoms with Crippen LogP contribution in [0.2, 0.25) is 0 Å². The van der Waals surface area contributed by atoms with E-state index in [1.807, 2.05) is 0 Å². The van der Waals surface area contributed by atoms with Crippen molar-refractivity contribution in [3.05, 3.63) is 24.3 Å². The van der Waals surface area contributed by atoms with Gasteiger partial charge in [-0.3, -0.25) is 9.69 Å². The number of ether oxygens (including phenoxy) is 2. The predicted molar refractivity (Wildman–Crippen MR) is 58.9 cm³/mol. The summed E-state index contributed by atoms with van der Waals surface area (Å²) >= 11 is 0. The summed E-state index contributed by atoms with van der Waals surface area (Å²) in [6.45, 7) is -0.131. The van der Waals surface area contributed by atoms with Crippen LogP contribution in [0.5, 0.6) is 5.75 Å². The highest BCUT2D eigenvalue weighted by molar-refractivity contribution is 6.00. The Balaban J connectivity index is 2.20. The van der Waals surface area contributed by atoms with Gasteiger partial charge in [0.2, 0.25) is 0 Å². The third-order valence-electron chi connectivity index (χ3n) is 2.26. The van der Waals surface area contributed by atoms with Crippen LogP contribution >= 0.6 is 0 Å². The molecule has 102 valence electrons. The smallest absolute Gasteiger partial charge is 0.454 e. The molecular weight excluding hydrogens is 265 g/mol. The number of hydrogen-bond acceptors (Lipinski definition) is 4. The van der Waals surface area contributed by atoms with E-state index in [1.54, 1.807) is 0 Å². The first-order valence-electron chi connectivity index (χ1n) is 5.19. The normalized spacial score (nSPS) is 17.8. The van der Waals surface area contributed by atoms with Crippen molar-refractivity contribution in [2.24, 2.45) is 4.99 Å². The fraction of sp³-hybridized carbons (Fsp3) is 0.273. The van der Waals surface area contributed by atoms with E-state index >= 15 is 0 Å². The van der Waals surface area contributed by atoms with Crippen LogP contribution in [0.1, 0.15) is 0 Å². The number of alkyl halides is 3. The van der Waals surface area contributed by atoms with Gasteiger partial charge in [-0.05, 0) is 12.1 Å². The fourth-order valence-corrected chi connectivity index (χ4v) is 1.39. The molecule has 0 N–H and O–H groups in total. The first-order chi connectivity index (χ1) is 8.85. The van der Waals surface area contributed by atoms with Gasteiger partial charge in [0.1, 0.15) is 5.75 Å². The summed E-state index contributed by atoms with van der Waals surface area (Å²) in [6.07, 6.45) is -4.76. The molecule has 1 heterocycles. The van der Waals surface area contributed by atoms with Gasteiger partial charge in [-0.1, -0.05) is 6.07 Å². The molecule has 0 aliphatic carbocycles. The van der Waals surface area contributed by atoms with Crippen molar-refractivity contribution < 1.29 is 27.4 Å². The highest BCUT2D eigenvalue weighted by Crippen LogP contribution is 2.26. The minimum atomic E-state index is -4.76. The van der Waals surface area contributed by atoms with Crippen molar-refractivity contribution >= 4 is 17.6 Å². The molecule has 0 atom stereocenters. The average Bonchev–Trinajstić information content (AvgIpc) is 2.59. The molecule has 1 amide bonds. The van der Waals surface area contributed by atoms with E-state index in [0.717, 1.165) is 12.1 Å². The second-order valence-electron chi connectivity index (χ2n) is 3.68. The maximum Gasteiger partial charge on any atom is 0.573 e. The van der Waals surface area contributed by atoms with Crippen molar-refractivity contribution in [1.29, 1.82) is 0 Å². The molecule has 1 aromatic rings. The van der Waals surface area contributed by atoms with Gasteiger partial charge in [-0.15, -0.1) is 13.2 Å². The number of nitrogens with zero attached hydrogens (tertiary/aromatic N) is 2. The van der Waals surface area contributed by atoms with E-state index < -0.39 is 6.36 Å². The molecule has 0 unspecified atom stereocenters. The second-order valence-corrected chi connectivity index (χ2v) is 3.68. The fourth-order valence-electron chi connectivity index (χ4n) is 1.39. The summed E-state index contributed by atoms with van der Waals surface area (Å²) in [4.78, 5) is 16.3. The molecule has 0 spiro atoms. The Bertz CT molecular complexity index is 528. The zero-order valence-corrected chi connectivity index (χ0v) is 9.77. The quantitative estimate of drug-likeness (QED) is 0.829. The van der Waals surface area contributed by atoms with E-state index in [2.05, 4.69) is 9.73 Å². The molecule has 1 saturated heterocycles. The number of likely N-dealkylation sites (N-methyl/N-ethyl adjacent to an activating group) is 1. The van der Waals surface area contributed by atoms with Gasteiger partial charge in [0.05, 0.1) is 5.69 Å². The Kier molecular flexibility index (Phi) is 3.32. The van der Waals surface area contributed by atoms with Gasteiger partial charge in [-0.2, -0.15) is 4.99 Å². The number of benzene rings is 1. The van der Waals surface area contributed by atoms with E-state index in [0.29, 0.717) is 0 Å². The number of carbonyl (C=O) groups is 1. The van der Waals surface area contributed by atoms with Crippen LogP contribution < -0.4 is 4.74 Å². The molecule has 1 fully saturated rings. The molecule has 1 aliphatic rings. The molecule has 8 heteroatoms. The summed E-state index contributed by atoms with van der Waals surface area (Å²) in [5.74, 6) is -0.664. The van der Waals surface area contributed by atoms with Gasteiger partial charge in [0.25, 0.3) is 11.9 Å². The Labute approximate surface area is 106 Å². The number of aliphatic imine (C=N–C) groups is 1. The Morgan fingerprint density at radius 1 is 1.42 bits per heavy atom. The molecule has 5 nitrogen and oxygen atoms in total. The Morgan fingerprint density at radius 3 is 2.74 bits per heavy atom. The minimum absolute atomic E-state index is 0.0363. The summed E-state index contributed by atoms with van der Waals surface area (Å²) in [6, 6.07) is 5.12. The maximum atomic E-state index is 12.1. The summed E-state index contributed by atoms with van der Waals surface area (Å²) < 4.78 is 44.9. The Morgan fingerprint density at radius 2 is 2.16 bits per heavy atom. The molecule has 0 bridgehead atoms. The first-order valence-corrected chi connectivity index (χ1v) is 5.19.